The lowest BCUT2D eigenvalue weighted by Crippen LogP contribution is -2.40. The predicted molar refractivity (Wildman–Crippen MR) is 69.3 cm³/mol. The highest BCUT2D eigenvalue weighted by Crippen LogP contribution is 2.16. The van der Waals surface area contributed by atoms with Crippen LogP contribution in [-0.4, -0.2) is 49.0 Å². The summed E-state index contributed by atoms with van der Waals surface area (Å²) < 4.78 is 0. The zero-order chi connectivity index (χ0) is 14.0. The molecule has 1 fully saturated rings. The Hall–Kier alpha value is -2.55. The van der Waals surface area contributed by atoms with E-state index < -0.39 is 0 Å². The van der Waals surface area contributed by atoms with Gasteiger partial charge in [0.1, 0.15) is 6.54 Å². The van der Waals surface area contributed by atoms with Gasteiger partial charge in [0.15, 0.2) is 0 Å². The summed E-state index contributed by atoms with van der Waals surface area (Å²) in [5.41, 5.74) is 1.23. The molecule has 0 unspecified atom stereocenters. The largest absolute Gasteiger partial charge is 0.326 e. The van der Waals surface area contributed by atoms with Crippen LogP contribution in [0.15, 0.2) is 24.3 Å². The Bertz CT molecular complexity index is 547. The number of urea groups is 1. The van der Waals surface area contributed by atoms with Crippen LogP contribution < -0.4 is 4.90 Å². The topological polar surface area (TPSA) is 67.7 Å². The van der Waals surface area contributed by atoms with Crippen LogP contribution in [-0.2, 0) is 4.79 Å². The highest BCUT2D eigenvalue weighted by atomic mass is 16.2. The third-order valence-corrected chi connectivity index (χ3v) is 3.08. The molecule has 0 aromatic heterocycles. The molecule has 0 spiro atoms. The van der Waals surface area contributed by atoms with Crippen molar-refractivity contribution in [3.63, 3.8) is 0 Å². The van der Waals surface area contributed by atoms with Gasteiger partial charge in [-0.15, -0.1) is 0 Å². The fourth-order valence-electron chi connectivity index (χ4n) is 1.88. The van der Waals surface area contributed by atoms with Crippen molar-refractivity contribution in [1.82, 2.24) is 9.80 Å². The maximum absolute atomic E-state index is 12.2. The van der Waals surface area contributed by atoms with Gasteiger partial charge in [-0.2, -0.15) is 5.26 Å². The number of benzene rings is 1. The highest BCUT2D eigenvalue weighted by molar-refractivity contribution is 5.95. The zero-order valence-corrected chi connectivity index (χ0v) is 10.8. The van der Waals surface area contributed by atoms with Crippen LogP contribution >= 0.6 is 0 Å². The monoisotopic (exact) mass is 258 g/mol. The van der Waals surface area contributed by atoms with E-state index in [0.717, 1.165) is 0 Å². The van der Waals surface area contributed by atoms with Crippen molar-refractivity contribution < 1.29 is 9.59 Å². The number of rotatable bonds is 1. The molecule has 98 valence electrons. The van der Waals surface area contributed by atoms with Crippen LogP contribution in [0.3, 0.4) is 0 Å². The maximum Gasteiger partial charge on any atom is 0.326 e. The molecule has 0 atom stereocenters. The molecule has 19 heavy (non-hydrogen) atoms. The maximum atomic E-state index is 12.2. The number of hydrogen-bond donors (Lipinski definition) is 0. The van der Waals surface area contributed by atoms with Gasteiger partial charge in [-0.3, -0.25) is 14.6 Å². The minimum Gasteiger partial charge on any atom is -0.326 e. The smallest absolute Gasteiger partial charge is 0.326 e. The molecule has 0 radical (unpaired) electrons. The lowest BCUT2D eigenvalue weighted by Gasteiger charge is -2.23. The summed E-state index contributed by atoms with van der Waals surface area (Å²) in [5.74, 6) is -0.0680. The average Bonchev–Trinajstić information content (AvgIpc) is 2.77. The van der Waals surface area contributed by atoms with Gasteiger partial charge in [0.2, 0.25) is 5.91 Å². The SMILES string of the molecule is CN1CN(C(=O)N(C)c2ccc(C#N)cc2)CC1=O. The minimum absolute atomic E-state index is 0.0680. The van der Waals surface area contributed by atoms with Crippen molar-refractivity contribution in [2.45, 2.75) is 0 Å². The number of amides is 3. The molecule has 0 saturated carbocycles. The van der Waals surface area contributed by atoms with Crippen LogP contribution in [0.5, 0.6) is 0 Å². The zero-order valence-electron chi connectivity index (χ0n) is 10.8. The van der Waals surface area contributed by atoms with Gasteiger partial charge in [0.25, 0.3) is 0 Å². The molecule has 0 aliphatic carbocycles. The van der Waals surface area contributed by atoms with Crippen LogP contribution in [0.2, 0.25) is 0 Å². The van der Waals surface area contributed by atoms with E-state index in [4.69, 9.17) is 5.26 Å². The predicted octanol–water partition coefficient (Wildman–Crippen LogP) is 0.846. The van der Waals surface area contributed by atoms with Crippen molar-refractivity contribution in [3.8, 4) is 6.07 Å². The Kier molecular flexibility index (Phi) is 3.38. The molecule has 1 aromatic rings. The number of anilines is 1. The second kappa shape index (κ2) is 4.98. The van der Waals surface area contributed by atoms with Crippen LogP contribution in [0.4, 0.5) is 10.5 Å². The summed E-state index contributed by atoms with van der Waals surface area (Å²) in [5, 5.41) is 8.73. The van der Waals surface area contributed by atoms with Crippen LogP contribution in [0.25, 0.3) is 0 Å². The fourth-order valence-corrected chi connectivity index (χ4v) is 1.88. The molecule has 1 heterocycles. The quantitative estimate of drug-likeness (QED) is 0.749. The normalized spacial score (nSPS) is 14.5. The number of nitriles is 1. The van der Waals surface area contributed by atoms with Gasteiger partial charge in [-0.1, -0.05) is 0 Å². The second-order valence-corrected chi connectivity index (χ2v) is 4.43. The van der Waals surface area contributed by atoms with E-state index in [1.807, 2.05) is 6.07 Å². The second-order valence-electron chi connectivity index (χ2n) is 4.43. The van der Waals surface area contributed by atoms with E-state index in [1.165, 1.54) is 14.7 Å². The van der Waals surface area contributed by atoms with Gasteiger partial charge in [-0.25, -0.2) is 4.79 Å². The van der Waals surface area contributed by atoms with Crippen LogP contribution in [0.1, 0.15) is 5.56 Å². The molecule has 6 heteroatoms. The summed E-state index contributed by atoms with van der Waals surface area (Å²) in [6.45, 7) is 0.411. The third-order valence-electron chi connectivity index (χ3n) is 3.08. The number of nitrogens with zero attached hydrogens (tertiary/aromatic N) is 4. The third kappa shape index (κ3) is 2.50. The summed E-state index contributed by atoms with van der Waals surface area (Å²) in [6.07, 6.45) is 0. The summed E-state index contributed by atoms with van der Waals surface area (Å²) in [6, 6.07) is 8.51. The minimum atomic E-state index is -0.234. The van der Waals surface area contributed by atoms with Gasteiger partial charge in [-0.05, 0) is 24.3 Å². The summed E-state index contributed by atoms with van der Waals surface area (Å²) >= 11 is 0. The van der Waals surface area contributed by atoms with Gasteiger partial charge < -0.3 is 4.90 Å². The van der Waals surface area contributed by atoms with E-state index in [1.54, 1.807) is 38.4 Å². The van der Waals surface area contributed by atoms with Gasteiger partial charge >= 0.3 is 6.03 Å². The number of carbonyl (C=O) groups is 2. The van der Waals surface area contributed by atoms with Crippen molar-refractivity contribution in [2.24, 2.45) is 0 Å². The average molecular weight is 258 g/mol. The molecule has 1 aliphatic heterocycles. The molecule has 2 rings (SSSR count). The first-order valence-electron chi connectivity index (χ1n) is 5.79. The van der Waals surface area contributed by atoms with Crippen molar-refractivity contribution in [1.29, 1.82) is 5.26 Å². The van der Waals surface area contributed by atoms with E-state index in [2.05, 4.69) is 0 Å². The molecular weight excluding hydrogens is 244 g/mol. The van der Waals surface area contributed by atoms with Gasteiger partial charge in [0.05, 0.1) is 18.3 Å². The van der Waals surface area contributed by atoms with E-state index >= 15 is 0 Å². The number of carbonyl (C=O) groups excluding carboxylic acids is 2. The first-order valence-corrected chi connectivity index (χ1v) is 5.79. The number of hydrogen-bond acceptors (Lipinski definition) is 3. The van der Waals surface area contributed by atoms with Crippen LogP contribution in [0, 0.1) is 11.3 Å². The summed E-state index contributed by atoms with van der Waals surface area (Å²) in [7, 11) is 3.31. The number of likely N-dealkylation sites (N-methyl/N-ethyl adjacent to an activating group) is 1. The Morgan fingerprint density at radius 3 is 2.47 bits per heavy atom. The standard InChI is InChI=1S/C13H14N4O2/c1-15-9-17(8-12(15)18)13(19)16(2)11-5-3-10(7-14)4-6-11/h3-6H,8-9H2,1-2H3. The highest BCUT2D eigenvalue weighted by Gasteiger charge is 2.30. The first-order chi connectivity index (χ1) is 9.02. The van der Waals surface area contributed by atoms with E-state index in [0.29, 0.717) is 17.9 Å². The Labute approximate surface area is 111 Å². The molecule has 6 nitrogen and oxygen atoms in total. The lowest BCUT2D eigenvalue weighted by atomic mass is 10.2. The van der Waals surface area contributed by atoms with E-state index in [-0.39, 0.29) is 18.5 Å². The van der Waals surface area contributed by atoms with Crippen molar-refractivity contribution in [2.75, 3.05) is 32.2 Å². The van der Waals surface area contributed by atoms with Crippen molar-refractivity contribution >= 4 is 17.6 Å². The molecule has 0 N–H and O–H groups in total. The lowest BCUT2D eigenvalue weighted by molar-refractivity contribution is -0.125. The molecule has 0 bridgehead atoms. The Morgan fingerprint density at radius 2 is 2.00 bits per heavy atom. The molecule has 3 amide bonds. The van der Waals surface area contributed by atoms with Gasteiger partial charge in [0, 0.05) is 19.8 Å². The first kappa shape index (κ1) is 12.9. The molecule has 1 saturated heterocycles. The van der Waals surface area contributed by atoms with E-state index in [9.17, 15) is 9.59 Å². The fraction of sp³-hybridized carbons (Fsp3) is 0.308. The van der Waals surface area contributed by atoms with Crippen molar-refractivity contribution in [3.05, 3.63) is 29.8 Å². The Morgan fingerprint density at radius 1 is 1.37 bits per heavy atom. The Balaban J connectivity index is 2.11. The molecule has 1 aliphatic rings. The summed E-state index contributed by atoms with van der Waals surface area (Å²) in [4.78, 5) is 28.1. The molecular formula is C13H14N4O2. The molecule has 1 aromatic carbocycles.